The van der Waals surface area contributed by atoms with E-state index in [1.165, 1.54) is 17.6 Å². The molecule has 1 saturated carbocycles. The van der Waals surface area contributed by atoms with Gasteiger partial charge in [-0.05, 0) is 27.2 Å². The number of fused-ring (bicyclic) bond motifs is 2. The fourth-order valence-electron chi connectivity index (χ4n) is 3.99. The van der Waals surface area contributed by atoms with Crippen LogP contribution in [0.2, 0.25) is 0 Å². The summed E-state index contributed by atoms with van der Waals surface area (Å²) in [4.78, 5) is 13.6. The monoisotopic (exact) mass is 416 g/mol. The van der Waals surface area contributed by atoms with Crippen molar-refractivity contribution in [3.8, 4) is 5.75 Å². The number of aromatic nitrogens is 6. The number of hydrogen-bond acceptors (Lipinski definition) is 5. The van der Waals surface area contributed by atoms with E-state index in [1.807, 2.05) is 13.8 Å². The third kappa shape index (κ3) is 2.73. The molecule has 0 radical (unpaired) electrons. The van der Waals surface area contributed by atoms with Crippen molar-refractivity contribution in [3.05, 3.63) is 52.6 Å². The Hall–Kier alpha value is -3.17. The first-order valence-corrected chi connectivity index (χ1v) is 9.51. The van der Waals surface area contributed by atoms with Crippen LogP contribution < -0.4 is 4.74 Å². The molecule has 2 atom stereocenters. The van der Waals surface area contributed by atoms with Crippen molar-refractivity contribution in [2.75, 3.05) is 7.11 Å². The summed E-state index contributed by atoms with van der Waals surface area (Å²) >= 11 is 0. The van der Waals surface area contributed by atoms with E-state index in [0.717, 1.165) is 35.3 Å². The first kappa shape index (κ1) is 18.8. The minimum Gasteiger partial charge on any atom is -0.496 e. The van der Waals surface area contributed by atoms with E-state index in [0.29, 0.717) is 17.2 Å². The predicted molar refractivity (Wildman–Crippen MR) is 102 cm³/mol. The SMILES string of the molecule is COc1cc2nc(C3CC3c3nc4c(C)ncc(C)n4n3)c(C)n2cc1C(F)(F)F. The average molecular weight is 416 g/mol. The minimum atomic E-state index is -4.51. The Morgan fingerprint density at radius 1 is 1.13 bits per heavy atom. The van der Waals surface area contributed by atoms with Crippen molar-refractivity contribution in [1.82, 2.24) is 29.0 Å². The molecule has 4 aromatic rings. The van der Waals surface area contributed by atoms with Gasteiger partial charge in [-0.3, -0.25) is 4.98 Å². The molecule has 5 rings (SSSR count). The Morgan fingerprint density at radius 2 is 1.90 bits per heavy atom. The molecule has 0 N–H and O–H groups in total. The molecule has 0 bridgehead atoms. The Kier molecular flexibility index (Phi) is 3.87. The van der Waals surface area contributed by atoms with Gasteiger partial charge in [-0.15, -0.1) is 0 Å². The van der Waals surface area contributed by atoms with Gasteiger partial charge in [0.1, 0.15) is 17.0 Å². The number of aryl methyl sites for hydroxylation is 3. The number of rotatable bonds is 3. The molecular weight excluding hydrogens is 397 g/mol. The molecule has 0 amide bonds. The standard InChI is InChI=1S/C20H19F3N6O/c1-9-7-24-10(2)19-26-18(27-29(9)19)13-5-12(13)17-11(3)28-8-14(20(21,22)23)15(30-4)6-16(28)25-17/h6-8,12-13H,5H2,1-4H3. The zero-order valence-electron chi connectivity index (χ0n) is 16.8. The maximum atomic E-state index is 13.4. The van der Waals surface area contributed by atoms with Crippen LogP contribution in [0.5, 0.6) is 5.75 Å². The summed E-state index contributed by atoms with van der Waals surface area (Å²) in [5.41, 5.74) is 3.47. The molecule has 0 aliphatic heterocycles. The van der Waals surface area contributed by atoms with Crippen LogP contribution in [0.15, 0.2) is 18.5 Å². The summed E-state index contributed by atoms with van der Waals surface area (Å²) in [7, 11) is 1.22. The van der Waals surface area contributed by atoms with Crippen LogP contribution in [0.3, 0.4) is 0 Å². The number of pyridine rings is 1. The van der Waals surface area contributed by atoms with Gasteiger partial charge in [0.05, 0.1) is 24.2 Å². The molecule has 4 heterocycles. The van der Waals surface area contributed by atoms with Crippen LogP contribution in [0.25, 0.3) is 11.3 Å². The van der Waals surface area contributed by atoms with Gasteiger partial charge in [0.2, 0.25) is 0 Å². The maximum Gasteiger partial charge on any atom is 0.421 e. The van der Waals surface area contributed by atoms with Crippen molar-refractivity contribution >= 4 is 11.3 Å². The lowest BCUT2D eigenvalue weighted by molar-refractivity contribution is -0.139. The molecule has 0 spiro atoms. The maximum absolute atomic E-state index is 13.4. The molecule has 10 heteroatoms. The van der Waals surface area contributed by atoms with Crippen LogP contribution in [-0.4, -0.2) is 36.1 Å². The molecule has 4 aromatic heterocycles. The number of methoxy groups -OCH3 is 1. The Morgan fingerprint density at radius 3 is 2.57 bits per heavy atom. The third-order valence-corrected chi connectivity index (χ3v) is 5.72. The van der Waals surface area contributed by atoms with Gasteiger partial charge in [-0.1, -0.05) is 0 Å². The second-order valence-electron chi connectivity index (χ2n) is 7.70. The number of alkyl halides is 3. The molecule has 2 unspecified atom stereocenters. The van der Waals surface area contributed by atoms with E-state index in [-0.39, 0.29) is 17.6 Å². The lowest BCUT2D eigenvalue weighted by Crippen LogP contribution is -2.09. The lowest BCUT2D eigenvalue weighted by atomic mass is 10.2. The summed E-state index contributed by atoms with van der Waals surface area (Å²) in [6.07, 6.45) is -0.902. The first-order valence-electron chi connectivity index (χ1n) is 9.51. The van der Waals surface area contributed by atoms with Crippen molar-refractivity contribution in [1.29, 1.82) is 0 Å². The number of ether oxygens (including phenoxy) is 1. The van der Waals surface area contributed by atoms with Gasteiger partial charge in [0, 0.05) is 36.0 Å². The van der Waals surface area contributed by atoms with Crippen molar-refractivity contribution in [2.45, 2.75) is 45.2 Å². The molecular formula is C20H19F3N6O. The highest BCUT2D eigenvalue weighted by Gasteiger charge is 2.45. The number of hydrogen-bond donors (Lipinski definition) is 0. The highest BCUT2D eigenvalue weighted by atomic mass is 19.4. The van der Waals surface area contributed by atoms with Crippen molar-refractivity contribution in [3.63, 3.8) is 0 Å². The Labute approximate surface area is 169 Å². The van der Waals surface area contributed by atoms with Gasteiger partial charge in [-0.25, -0.2) is 14.5 Å². The van der Waals surface area contributed by atoms with E-state index in [1.54, 1.807) is 17.6 Å². The third-order valence-electron chi connectivity index (χ3n) is 5.72. The van der Waals surface area contributed by atoms with E-state index >= 15 is 0 Å². The first-order chi connectivity index (χ1) is 14.2. The van der Waals surface area contributed by atoms with Crippen molar-refractivity contribution in [2.24, 2.45) is 0 Å². The second kappa shape index (κ2) is 6.16. The number of halogens is 3. The van der Waals surface area contributed by atoms with E-state index < -0.39 is 11.7 Å². The number of imidazole rings is 1. The lowest BCUT2D eigenvalue weighted by Gasteiger charge is -2.12. The quantitative estimate of drug-likeness (QED) is 0.505. The average Bonchev–Trinajstić information content (AvgIpc) is 3.23. The van der Waals surface area contributed by atoms with Crippen LogP contribution in [0.4, 0.5) is 13.2 Å². The van der Waals surface area contributed by atoms with Gasteiger partial charge in [-0.2, -0.15) is 18.3 Å². The zero-order valence-corrected chi connectivity index (χ0v) is 16.8. The van der Waals surface area contributed by atoms with E-state index in [4.69, 9.17) is 4.74 Å². The predicted octanol–water partition coefficient (Wildman–Crippen LogP) is 4.00. The fraction of sp³-hybridized carbons (Fsp3) is 0.400. The van der Waals surface area contributed by atoms with Gasteiger partial charge in [0.15, 0.2) is 11.5 Å². The number of nitrogens with zero attached hydrogens (tertiary/aromatic N) is 6. The Bertz CT molecular complexity index is 1270. The van der Waals surface area contributed by atoms with Crippen LogP contribution in [0, 0.1) is 20.8 Å². The molecule has 156 valence electrons. The summed E-state index contributed by atoms with van der Waals surface area (Å²) in [5, 5.41) is 4.63. The molecule has 0 saturated heterocycles. The molecule has 0 aromatic carbocycles. The highest BCUT2D eigenvalue weighted by Crippen LogP contribution is 2.54. The summed E-state index contributed by atoms with van der Waals surface area (Å²) < 4.78 is 48.4. The molecule has 1 aliphatic rings. The smallest absolute Gasteiger partial charge is 0.421 e. The minimum absolute atomic E-state index is 0.0659. The summed E-state index contributed by atoms with van der Waals surface area (Å²) in [5.74, 6) is 0.621. The van der Waals surface area contributed by atoms with Crippen molar-refractivity contribution < 1.29 is 17.9 Å². The van der Waals surface area contributed by atoms with Gasteiger partial charge < -0.3 is 9.14 Å². The molecule has 1 aliphatic carbocycles. The largest absolute Gasteiger partial charge is 0.496 e. The van der Waals surface area contributed by atoms with Crippen LogP contribution >= 0.6 is 0 Å². The summed E-state index contributed by atoms with van der Waals surface area (Å²) in [6, 6.07) is 1.33. The van der Waals surface area contributed by atoms with E-state index in [9.17, 15) is 13.2 Å². The van der Waals surface area contributed by atoms with E-state index in [2.05, 4.69) is 20.1 Å². The highest BCUT2D eigenvalue weighted by molar-refractivity contribution is 5.53. The van der Waals surface area contributed by atoms with Gasteiger partial charge >= 0.3 is 6.18 Å². The normalized spacial score (nSPS) is 19.0. The summed E-state index contributed by atoms with van der Waals surface area (Å²) in [6.45, 7) is 5.59. The fourth-order valence-corrected chi connectivity index (χ4v) is 3.99. The zero-order chi connectivity index (χ0) is 21.4. The molecule has 1 fully saturated rings. The van der Waals surface area contributed by atoms with Crippen LogP contribution in [0.1, 0.15) is 52.4 Å². The van der Waals surface area contributed by atoms with Gasteiger partial charge in [0.25, 0.3) is 0 Å². The topological polar surface area (TPSA) is 69.6 Å². The second-order valence-corrected chi connectivity index (χ2v) is 7.70. The van der Waals surface area contributed by atoms with Crippen LogP contribution in [-0.2, 0) is 6.18 Å². The molecule has 7 nitrogen and oxygen atoms in total. The molecule has 30 heavy (non-hydrogen) atoms. The Balaban J connectivity index is 1.54.